The molecule has 3 rings (SSSR count). The van der Waals surface area contributed by atoms with Crippen molar-refractivity contribution in [1.29, 1.82) is 0 Å². The van der Waals surface area contributed by atoms with Crippen LogP contribution in [-0.2, 0) is 6.54 Å². The summed E-state index contributed by atoms with van der Waals surface area (Å²) in [6, 6.07) is 13.0. The molecular weight excluding hydrogens is 446 g/mol. The van der Waals surface area contributed by atoms with Gasteiger partial charge >= 0.3 is 6.61 Å². The maximum atomic E-state index is 12.6. The molecule has 1 amide bonds. The van der Waals surface area contributed by atoms with Crippen LogP contribution in [0.1, 0.15) is 28.8 Å². The third-order valence-electron chi connectivity index (χ3n) is 4.89. The van der Waals surface area contributed by atoms with E-state index in [9.17, 15) is 13.6 Å². The molecule has 5 nitrogen and oxygen atoms in total. The molecule has 29 heavy (non-hydrogen) atoms. The number of ether oxygens (including phenoxy) is 2. The first-order chi connectivity index (χ1) is 14.0. The Balaban J connectivity index is 1.54. The number of hydrogen-bond acceptors (Lipinski definition) is 4. The lowest BCUT2D eigenvalue weighted by atomic mass is 10.0. The molecule has 1 aliphatic rings. The number of alkyl halides is 2. The summed E-state index contributed by atoms with van der Waals surface area (Å²) < 4.78 is 35.3. The second-order valence-corrected chi connectivity index (χ2v) is 7.66. The molecule has 0 atom stereocenters. The average molecular weight is 469 g/mol. The van der Waals surface area contributed by atoms with Crippen molar-refractivity contribution in [3.63, 3.8) is 0 Å². The zero-order valence-electron chi connectivity index (χ0n) is 16.0. The fraction of sp³-hybridized carbons (Fsp3) is 0.381. The minimum atomic E-state index is -2.92. The van der Waals surface area contributed by atoms with Gasteiger partial charge in [0, 0.05) is 31.2 Å². The largest absolute Gasteiger partial charge is 0.493 e. The molecule has 0 unspecified atom stereocenters. The maximum Gasteiger partial charge on any atom is 0.387 e. The highest BCUT2D eigenvalue weighted by Crippen LogP contribution is 2.37. The van der Waals surface area contributed by atoms with E-state index in [-0.39, 0.29) is 23.4 Å². The lowest BCUT2D eigenvalue weighted by molar-refractivity contribution is -0.0517. The topological polar surface area (TPSA) is 50.8 Å². The van der Waals surface area contributed by atoms with E-state index < -0.39 is 6.61 Å². The number of piperidine rings is 1. The van der Waals surface area contributed by atoms with Crippen LogP contribution < -0.4 is 14.8 Å². The predicted molar refractivity (Wildman–Crippen MR) is 110 cm³/mol. The number of halogens is 3. The number of nitrogens with zero attached hydrogens (tertiary/aromatic N) is 1. The Morgan fingerprint density at radius 1 is 1.24 bits per heavy atom. The third-order valence-corrected chi connectivity index (χ3v) is 5.48. The Kier molecular flexibility index (Phi) is 7.44. The molecule has 0 spiro atoms. The fourth-order valence-electron chi connectivity index (χ4n) is 3.39. The summed E-state index contributed by atoms with van der Waals surface area (Å²) in [5, 5.41) is 3.47. The van der Waals surface area contributed by atoms with Gasteiger partial charge in [-0.25, -0.2) is 0 Å². The number of nitrogens with one attached hydrogen (secondary N) is 1. The van der Waals surface area contributed by atoms with Gasteiger partial charge in [-0.2, -0.15) is 8.78 Å². The summed E-state index contributed by atoms with van der Waals surface area (Å²) in [7, 11) is 1.41. The predicted octanol–water partition coefficient (Wildman–Crippen LogP) is 4.45. The number of amides is 1. The summed E-state index contributed by atoms with van der Waals surface area (Å²) in [5.74, 6) is 0.297. The van der Waals surface area contributed by atoms with Crippen LogP contribution in [0.3, 0.4) is 0 Å². The van der Waals surface area contributed by atoms with Gasteiger partial charge in [0.2, 0.25) is 0 Å². The molecule has 0 aliphatic carbocycles. The van der Waals surface area contributed by atoms with Gasteiger partial charge in [-0.1, -0.05) is 18.2 Å². The normalized spacial score (nSPS) is 14.9. The Morgan fingerprint density at radius 3 is 2.55 bits per heavy atom. The van der Waals surface area contributed by atoms with E-state index >= 15 is 0 Å². The average Bonchev–Trinajstić information content (AvgIpc) is 2.74. The first kappa shape index (κ1) is 21.5. The summed E-state index contributed by atoms with van der Waals surface area (Å²) in [4.78, 5) is 14.4. The minimum Gasteiger partial charge on any atom is -0.493 e. The van der Waals surface area contributed by atoms with Crippen LogP contribution in [0.4, 0.5) is 8.78 Å². The number of hydrogen-bond donors (Lipinski definition) is 1. The van der Waals surface area contributed by atoms with Gasteiger partial charge in [-0.15, -0.1) is 0 Å². The highest BCUT2D eigenvalue weighted by Gasteiger charge is 2.23. The van der Waals surface area contributed by atoms with Gasteiger partial charge in [0.15, 0.2) is 11.5 Å². The van der Waals surface area contributed by atoms with Crippen LogP contribution in [0.5, 0.6) is 11.5 Å². The molecule has 2 aromatic rings. The first-order valence-corrected chi connectivity index (χ1v) is 10.2. The second kappa shape index (κ2) is 10.0. The molecule has 0 bridgehead atoms. The Labute approximate surface area is 177 Å². The monoisotopic (exact) mass is 468 g/mol. The molecule has 1 heterocycles. The van der Waals surface area contributed by atoms with E-state index in [2.05, 4.69) is 26.0 Å². The van der Waals surface area contributed by atoms with Crippen molar-refractivity contribution >= 4 is 21.8 Å². The van der Waals surface area contributed by atoms with Crippen molar-refractivity contribution in [2.24, 2.45) is 0 Å². The molecule has 0 saturated carbocycles. The number of carbonyl (C=O) groups is 1. The SMILES string of the molecule is COc1cc(CNC2CCN(C(=O)c3ccccc3)CC2)cc(Br)c1OC(F)F. The van der Waals surface area contributed by atoms with Gasteiger partial charge in [0.25, 0.3) is 5.91 Å². The highest BCUT2D eigenvalue weighted by atomic mass is 79.9. The molecule has 8 heteroatoms. The van der Waals surface area contributed by atoms with Gasteiger partial charge in [0.1, 0.15) is 0 Å². The van der Waals surface area contributed by atoms with Gasteiger partial charge < -0.3 is 19.7 Å². The van der Waals surface area contributed by atoms with Crippen LogP contribution >= 0.6 is 15.9 Å². The molecule has 1 N–H and O–H groups in total. The lowest BCUT2D eigenvalue weighted by Gasteiger charge is -2.32. The first-order valence-electron chi connectivity index (χ1n) is 9.37. The fourth-order valence-corrected chi connectivity index (χ4v) is 3.97. The van der Waals surface area contributed by atoms with Crippen molar-refractivity contribution in [2.45, 2.75) is 32.0 Å². The van der Waals surface area contributed by atoms with Crippen LogP contribution in [0.2, 0.25) is 0 Å². The molecule has 0 radical (unpaired) electrons. The Bertz CT molecular complexity index is 828. The Morgan fingerprint density at radius 2 is 1.93 bits per heavy atom. The van der Waals surface area contributed by atoms with E-state index in [1.54, 1.807) is 12.1 Å². The molecule has 0 aromatic heterocycles. The molecule has 1 saturated heterocycles. The maximum absolute atomic E-state index is 12.6. The van der Waals surface area contributed by atoms with E-state index in [0.29, 0.717) is 29.7 Å². The van der Waals surface area contributed by atoms with Gasteiger partial charge in [0.05, 0.1) is 11.6 Å². The molecule has 1 fully saturated rings. The quantitative estimate of drug-likeness (QED) is 0.651. The summed E-state index contributed by atoms with van der Waals surface area (Å²) in [5.41, 5.74) is 1.60. The second-order valence-electron chi connectivity index (χ2n) is 6.80. The lowest BCUT2D eigenvalue weighted by Crippen LogP contribution is -2.44. The van der Waals surface area contributed by atoms with Crippen molar-refractivity contribution in [3.05, 3.63) is 58.1 Å². The van der Waals surface area contributed by atoms with Gasteiger partial charge in [-0.05, 0) is 58.6 Å². The number of rotatable bonds is 7. The molecular formula is C21H23BrF2N2O3. The van der Waals surface area contributed by atoms with Crippen molar-refractivity contribution in [2.75, 3.05) is 20.2 Å². The number of likely N-dealkylation sites (tertiary alicyclic amines) is 1. The zero-order chi connectivity index (χ0) is 20.8. The van der Waals surface area contributed by atoms with E-state index in [4.69, 9.17) is 4.74 Å². The van der Waals surface area contributed by atoms with Crippen LogP contribution in [0, 0.1) is 0 Å². The number of methoxy groups -OCH3 is 1. The molecule has 2 aromatic carbocycles. The summed E-state index contributed by atoms with van der Waals surface area (Å²) in [6.45, 7) is -0.978. The van der Waals surface area contributed by atoms with Crippen molar-refractivity contribution in [3.8, 4) is 11.5 Å². The standard InChI is InChI=1S/C21H23BrF2N2O3/c1-28-18-12-14(11-17(22)19(18)29-21(23)24)13-25-16-7-9-26(10-8-16)20(27)15-5-3-2-4-6-15/h2-6,11-12,16,21,25H,7-10,13H2,1H3. The van der Waals surface area contributed by atoms with Crippen molar-refractivity contribution < 1.29 is 23.0 Å². The molecule has 156 valence electrons. The zero-order valence-corrected chi connectivity index (χ0v) is 17.6. The van der Waals surface area contributed by atoms with Crippen LogP contribution in [-0.4, -0.2) is 43.7 Å². The third kappa shape index (κ3) is 5.67. The van der Waals surface area contributed by atoms with E-state index in [0.717, 1.165) is 18.4 Å². The minimum absolute atomic E-state index is 0.0148. The smallest absolute Gasteiger partial charge is 0.387 e. The van der Waals surface area contributed by atoms with Crippen LogP contribution in [0.25, 0.3) is 0 Å². The highest BCUT2D eigenvalue weighted by molar-refractivity contribution is 9.10. The van der Waals surface area contributed by atoms with E-state index in [1.807, 2.05) is 35.2 Å². The number of benzene rings is 2. The number of carbonyl (C=O) groups excluding carboxylic acids is 1. The van der Waals surface area contributed by atoms with Gasteiger partial charge in [-0.3, -0.25) is 4.79 Å². The molecule has 1 aliphatic heterocycles. The Hall–Kier alpha value is -2.19. The van der Waals surface area contributed by atoms with E-state index in [1.165, 1.54) is 7.11 Å². The summed E-state index contributed by atoms with van der Waals surface area (Å²) >= 11 is 3.27. The summed E-state index contributed by atoms with van der Waals surface area (Å²) in [6.07, 6.45) is 1.70. The van der Waals surface area contributed by atoms with Crippen LogP contribution in [0.15, 0.2) is 46.9 Å². The van der Waals surface area contributed by atoms with Crippen molar-refractivity contribution in [1.82, 2.24) is 10.2 Å².